The first kappa shape index (κ1) is 15.6. The quantitative estimate of drug-likeness (QED) is 0.601. The van der Waals surface area contributed by atoms with Crippen molar-refractivity contribution in [2.75, 3.05) is 0 Å². The number of hydrogen-bond acceptors (Lipinski definition) is 4. The molecule has 5 heteroatoms. The fourth-order valence-corrected chi connectivity index (χ4v) is 3.24. The van der Waals surface area contributed by atoms with Crippen molar-refractivity contribution in [3.63, 3.8) is 0 Å². The first-order valence-corrected chi connectivity index (χ1v) is 8.03. The van der Waals surface area contributed by atoms with Gasteiger partial charge < -0.3 is 19.2 Å². The van der Waals surface area contributed by atoms with E-state index in [9.17, 15) is 10.2 Å². The maximum absolute atomic E-state index is 11.7. The van der Waals surface area contributed by atoms with Crippen LogP contribution in [0.4, 0.5) is 0 Å². The summed E-state index contributed by atoms with van der Waals surface area (Å²) in [5, 5.41) is 22.7. The van der Waals surface area contributed by atoms with E-state index in [-0.39, 0.29) is 5.76 Å². The molecule has 0 spiro atoms. The van der Waals surface area contributed by atoms with Crippen molar-refractivity contribution in [2.24, 2.45) is 7.05 Å². The van der Waals surface area contributed by atoms with Crippen LogP contribution in [0.1, 0.15) is 23.3 Å². The summed E-state index contributed by atoms with van der Waals surface area (Å²) in [4.78, 5) is 4.60. The summed E-state index contributed by atoms with van der Waals surface area (Å²) in [5.74, 6) is 0.627. The van der Waals surface area contributed by atoms with E-state index in [2.05, 4.69) is 4.98 Å². The molecule has 0 amide bonds. The Hall–Kier alpha value is -2.89. The fourth-order valence-electron chi connectivity index (χ4n) is 3.24. The highest BCUT2D eigenvalue weighted by Gasteiger charge is 2.45. The molecule has 2 aromatic carbocycles. The summed E-state index contributed by atoms with van der Waals surface area (Å²) in [7, 11) is 1.83. The molecule has 2 N–H and O–H groups in total. The van der Waals surface area contributed by atoms with E-state index in [1.54, 1.807) is 28.8 Å². The third kappa shape index (κ3) is 2.36. The van der Waals surface area contributed by atoms with E-state index in [4.69, 9.17) is 4.42 Å². The van der Waals surface area contributed by atoms with Crippen molar-refractivity contribution in [1.29, 1.82) is 0 Å². The van der Waals surface area contributed by atoms with E-state index in [1.807, 2.05) is 49.5 Å². The van der Waals surface area contributed by atoms with Gasteiger partial charge in [0.25, 0.3) is 0 Å². The van der Waals surface area contributed by atoms with Crippen LogP contribution in [0.25, 0.3) is 11.0 Å². The summed E-state index contributed by atoms with van der Waals surface area (Å²) < 4.78 is 7.15. The summed E-state index contributed by atoms with van der Waals surface area (Å²) in [6.45, 7) is 0. The van der Waals surface area contributed by atoms with E-state index in [0.29, 0.717) is 11.4 Å². The number of benzene rings is 2. The van der Waals surface area contributed by atoms with Gasteiger partial charge in [0.2, 0.25) is 0 Å². The number of rotatable bonds is 4. The summed E-state index contributed by atoms with van der Waals surface area (Å²) in [6, 6.07) is 20.0. The molecule has 0 fully saturated rings. The molecule has 5 nitrogen and oxygen atoms in total. The molecule has 2 heterocycles. The van der Waals surface area contributed by atoms with Crippen LogP contribution in [0.5, 0.6) is 0 Å². The van der Waals surface area contributed by atoms with Gasteiger partial charge in [-0.25, -0.2) is 4.98 Å². The molecule has 2 atom stereocenters. The molecule has 0 aliphatic rings. The molecule has 4 aromatic rings. The van der Waals surface area contributed by atoms with Crippen molar-refractivity contribution in [3.05, 3.63) is 90.1 Å². The molecule has 0 aliphatic carbocycles. The van der Waals surface area contributed by atoms with Gasteiger partial charge in [0.05, 0.1) is 17.3 Å². The van der Waals surface area contributed by atoms with Gasteiger partial charge in [-0.3, -0.25) is 0 Å². The largest absolute Gasteiger partial charge is 0.466 e. The summed E-state index contributed by atoms with van der Waals surface area (Å²) in [6.07, 6.45) is 0.166. The second-order valence-corrected chi connectivity index (χ2v) is 6.03. The Balaban J connectivity index is 1.98. The van der Waals surface area contributed by atoms with E-state index in [0.717, 1.165) is 11.0 Å². The zero-order valence-electron chi connectivity index (χ0n) is 13.7. The predicted molar refractivity (Wildman–Crippen MR) is 93.8 cm³/mol. The normalized spacial score (nSPS) is 15.2. The van der Waals surface area contributed by atoms with Gasteiger partial charge in [-0.1, -0.05) is 42.5 Å². The van der Waals surface area contributed by atoms with Gasteiger partial charge in [0.15, 0.2) is 11.7 Å². The molecule has 0 aliphatic heterocycles. The lowest BCUT2D eigenvalue weighted by Gasteiger charge is -2.32. The van der Waals surface area contributed by atoms with E-state index >= 15 is 0 Å². The highest BCUT2D eigenvalue weighted by atomic mass is 16.4. The van der Waals surface area contributed by atoms with Crippen molar-refractivity contribution < 1.29 is 14.6 Å². The number of furan rings is 1. The smallest absolute Gasteiger partial charge is 0.180 e. The number of aliphatic hydroxyl groups is 2. The number of hydrogen-bond donors (Lipinski definition) is 2. The monoisotopic (exact) mass is 334 g/mol. The molecule has 0 bridgehead atoms. The number of nitrogens with zero attached hydrogens (tertiary/aromatic N) is 2. The summed E-state index contributed by atoms with van der Waals surface area (Å²) >= 11 is 0. The first-order valence-electron chi connectivity index (χ1n) is 8.03. The second-order valence-electron chi connectivity index (χ2n) is 6.03. The SMILES string of the molecule is Cn1c([C@@](O)(c2ccccc2)[C@H](O)c2ccco2)nc2ccccc21. The average Bonchev–Trinajstić information content (AvgIpc) is 3.30. The number of imidazole rings is 1. The van der Waals surface area contributed by atoms with Crippen molar-refractivity contribution >= 4 is 11.0 Å². The van der Waals surface area contributed by atoms with Crippen LogP contribution in [-0.2, 0) is 12.6 Å². The number of aliphatic hydroxyl groups excluding tert-OH is 1. The van der Waals surface area contributed by atoms with Crippen molar-refractivity contribution in [2.45, 2.75) is 11.7 Å². The third-order valence-electron chi connectivity index (χ3n) is 4.55. The van der Waals surface area contributed by atoms with Crippen LogP contribution >= 0.6 is 0 Å². The van der Waals surface area contributed by atoms with Crippen molar-refractivity contribution in [1.82, 2.24) is 9.55 Å². The Morgan fingerprint density at radius 1 is 1.00 bits per heavy atom. The van der Waals surface area contributed by atoms with Gasteiger partial charge in [-0.15, -0.1) is 0 Å². The molecule has 2 aromatic heterocycles. The summed E-state index contributed by atoms with van der Waals surface area (Å²) in [5.41, 5.74) is 0.407. The van der Waals surface area contributed by atoms with Gasteiger partial charge in [0.1, 0.15) is 11.6 Å². The molecule has 0 radical (unpaired) electrons. The first-order chi connectivity index (χ1) is 12.1. The zero-order valence-corrected chi connectivity index (χ0v) is 13.7. The highest BCUT2D eigenvalue weighted by molar-refractivity contribution is 5.76. The zero-order chi connectivity index (χ0) is 17.4. The standard InChI is InChI=1S/C20H18N2O3/c1-22-16-11-6-5-10-15(16)21-19(22)20(24,14-8-3-2-4-9-14)18(23)17-12-7-13-25-17/h2-13,18,23-24H,1H3/t18-,20-/m1/s1. The van der Waals surface area contributed by atoms with Crippen LogP contribution in [0.2, 0.25) is 0 Å². The van der Waals surface area contributed by atoms with Gasteiger partial charge in [-0.05, 0) is 29.8 Å². The van der Waals surface area contributed by atoms with Crippen LogP contribution in [0.3, 0.4) is 0 Å². The lowest BCUT2D eigenvalue weighted by atomic mass is 9.86. The van der Waals surface area contributed by atoms with E-state index in [1.165, 1.54) is 6.26 Å². The van der Waals surface area contributed by atoms with Crippen molar-refractivity contribution in [3.8, 4) is 0 Å². The molecule has 126 valence electrons. The second kappa shape index (κ2) is 5.88. The maximum atomic E-state index is 11.7. The lowest BCUT2D eigenvalue weighted by molar-refractivity contribution is -0.0685. The fraction of sp³-hybridized carbons (Fsp3) is 0.150. The van der Waals surface area contributed by atoms with Gasteiger partial charge in [0, 0.05) is 7.05 Å². The minimum absolute atomic E-state index is 0.276. The Bertz CT molecular complexity index is 992. The Morgan fingerprint density at radius 3 is 2.40 bits per heavy atom. The lowest BCUT2D eigenvalue weighted by Crippen LogP contribution is -2.37. The number of aromatic nitrogens is 2. The third-order valence-corrected chi connectivity index (χ3v) is 4.55. The maximum Gasteiger partial charge on any atom is 0.180 e. The molecular formula is C20H18N2O3. The van der Waals surface area contributed by atoms with Crippen LogP contribution in [-0.4, -0.2) is 19.8 Å². The number of aryl methyl sites for hydroxylation is 1. The molecule has 0 saturated heterocycles. The van der Waals surface area contributed by atoms with Crippen LogP contribution in [0, 0.1) is 0 Å². The van der Waals surface area contributed by atoms with Crippen LogP contribution in [0.15, 0.2) is 77.4 Å². The van der Waals surface area contributed by atoms with Gasteiger partial charge >= 0.3 is 0 Å². The molecule has 4 rings (SSSR count). The Labute approximate surface area is 144 Å². The predicted octanol–water partition coefficient (Wildman–Crippen LogP) is 3.14. The Kier molecular flexibility index (Phi) is 3.67. The molecule has 0 saturated carbocycles. The number of para-hydroxylation sites is 2. The Morgan fingerprint density at radius 2 is 1.72 bits per heavy atom. The molecule has 25 heavy (non-hydrogen) atoms. The minimum atomic E-state index is -1.76. The number of fused-ring (bicyclic) bond motifs is 1. The molecule has 0 unspecified atom stereocenters. The topological polar surface area (TPSA) is 71.4 Å². The average molecular weight is 334 g/mol. The molecular weight excluding hydrogens is 316 g/mol. The van der Waals surface area contributed by atoms with E-state index < -0.39 is 11.7 Å². The van der Waals surface area contributed by atoms with Crippen LogP contribution < -0.4 is 0 Å². The van der Waals surface area contributed by atoms with Gasteiger partial charge in [-0.2, -0.15) is 0 Å². The highest BCUT2D eigenvalue weighted by Crippen LogP contribution is 2.41. The minimum Gasteiger partial charge on any atom is -0.466 e.